The molecule has 0 aliphatic heterocycles. The van der Waals surface area contributed by atoms with Gasteiger partial charge in [-0.05, 0) is 30.2 Å². The van der Waals surface area contributed by atoms with Gasteiger partial charge in [-0.15, -0.1) is 0 Å². The molecule has 20 heavy (non-hydrogen) atoms. The Balaban J connectivity index is 1.88. The maximum atomic E-state index is 11.8. The normalized spacial score (nSPS) is 10.1. The summed E-state index contributed by atoms with van der Waals surface area (Å²) >= 11 is 0. The van der Waals surface area contributed by atoms with Gasteiger partial charge in [0.05, 0.1) is 12.8 Å². The van der Waals surface area contributed by atoms with Crippen molar-refractivity contribution in [3.63, 3.8) is 0 Å². The number of carbonyl (C=O) groups is 1. The van der Waals surface area contributed by atoms with Crippen LogP contribution in [0.1, 0.15) is 12.0 Å². The van der Waals surface area contributed by atoms with Crippen LogP contribution in [0.3, 0.4) is 0 Å². The van der Waals surface area contributed by atoms with Gasteiger partial charge >= 0.3 is 0 Å². The van der Waals surface area contributed by atoms with Crippen LogP contribution in [0.4, 0.5) is 5.69 Å². The minimum atomic E-state index is -0.195. The lowest BCUT2D eigenvalue weighted by atomic mass is 10.1. The number of H-pyrrole nitrogens is 1. The molecule has 0 saturated heterocycles. The van der Waals surface area contributed by atoms with Gasteiger partial charge in [0.15, 0.2) is 0 Å². The standard InChI is InChI=1S/C15H16N2O3/c1-20-13-4-2-3-11(9-13)5-7-15(19)17-12-6-8-14(18)16-10-12/h2-4,6,8-10H,5,7H2,1H3,(H,16,18)(H,17,19). The average Bonchev–Trinajstić information content (AvgIpc) is 2.48. The predicted octanol–water partition coefficient (Wildman–Crippen LogP) is 1.95. The number of rotatable bonds is 5. The number of nitrogens with one attached hydrogen (secondary N) is 2. The third-order valence-electron chi connectivity index (χ3n) is 2.84. The van der Waals surface area contributed by atoms with E-state index in [1.54, 1.807) is 13.2 Å². The first-order chi connectivity index (χ1) is 9.67. The van der Waals surface area contributed by atoms with Crippen molar-refractivity contribution in [3.8, 4) is 5.75 Å². The zero-order valence-electron chi connectivity index (χ0n) is 11.2. The van der Waals surface area contributed by atoms with E-state index in [-0.39, 0.29) is 11.5 Å². The lowest BCUT2D eigenvalue weighted by Gasteiger charge is -2.06. The van der Waals surface area contributed by atoms with E-state index in [9.17, 15) is 9.59 Å². The molecule has 104 valence electrons. The fourth-order valence-corrected chi connectivity index (χ4v) is 1.80. The Morgan fingerprint density at radius 3 is 2.85 bits per heavy atom. The molecule has 5 nitrogen and oxygen atoms in total. The van der Waals surface area contributed by atoms with Crippen molar-refractivity contribution >= 4 is 11.6 Å². The second kappa shape index (κ2) is 6.56. The molecule has 1 amide bonds. The molecule has 0 bridgehead atoms. The van der Waals surface area contributed by atoms with Crippen molar-refractivity contribution in [1.29, 1.82) is 0 Å². The van der Waals surface area contributed by atoms with Crippen LogP contribution in [-0.4, -0.2) is 18.0 Å². The monoisotopic (exact) mass is 272 g/mol. The summed E-state index contributed by atoms with van der Waals surface area (Å²) in [6.07, 6.45) is 2.48. The summed E-state index contributed by atoms with van der Waals surface area (Å²) in [5, 5.41) is 2.73. The number of benzene rings is 1. The maximum absolute atomic E-state index is 11.8. The Kier molecular flexibility index (Phi) is 4.55. The van der Waals surface area contributed by atoms with E-state index in [0.29, 0.717) is 18.5 Å². The van der Waals surface area contributed by atoms with Crippen molar-refractivity contribution in [2.45, 2.75) is 12.8 Å². The van der Waals surface area contributed by atoms with Crippen LogP contribution >= 0.6 is 0 Å². The summed E-state index contributed by atoms with van der Waals surface area (Å²) in [6, 6.07) is 10.6. The van der Waals surface area contributed by atoms with Gasteiger partial charge in [0.2, 0.25) is 11.5 Å². The molecule has 1 heterocycles. The van der Waals surface area contributed by atoms with E-state index in [2.05, 4.69) is 10.3 Å². The number of methoxy groups -OCH3 is 1. The molecule has 0 spiro atoms. The number of aromatic nitrogens is 1. The van der Waals surface area contributed by atoms with Crippen molar-refractivity contribution in [3.05, 3.63) is 58.5 Å². The molecule has 1 aromatic heterocycles. The van der Waals surface area contributed by atoms with E-state index in [1.165, 1.54) is 12.3 Å². The summed E-state index contributed by atoms with van der Waals surface area (Å²) in [7, 11) is 1.61. The fourth-order valence-electron chi connectivity index (χ4n) is 1.80. The Hall–Kier alpha value is -2.56. The smallest absolute Gasteiger partial charge is 0.248 e. The van der Waals surface area contributed by atoms with Gasteiger partial charge in [0, 0.05) is 18.7 Å². The van der Waals surface area contributed by atoms with Crippen LogP contribution in [0.25, 0.3) is 0 Å². The second-order valence-corrected chi connectivity index (χ2v) is 4.34. The number of anilines is 1. The minimum Gasteiger partial charge on any atom is -0.497 e. The quantitative estimate of drug-likeness (QED) is 0.874. The molecule has 0 radical (unpaired) electrons. The van der Waals surface area contributed by atoms with Crippen molar-refractivity contribution in [1.82, 2.24) is 4.98 Å². The van der Waals surface area contributed by atoms with Crippen molar-refractivity contribution in [2.75, 3.05) is 12.4 Å². The first-order valence-electron chi connectivity index (χ1n) is 6.29. The number of ether oxygens (including phenoxy) is 1. The highest BCUT2D eigenvalue weighted by molar-refractivity contribution is 5.90. The molecule has 2 rings (SSSR count). The van der Waals surface area contributed by atoms with Gasteiger partial charge < -0.3 is 15.0 Å². The van der Waals surface area contributed by atoms with E-state index in [1.807, 2.05) is 24.3 Å². The molecule has 0 aliphatic carbocycles. The number of hydrogen-bond acceptors (Lipinski definition) is 3. The number of pyridine rings is 1. The number of carbonyl (C=O) groups excluding carboxylic acids is 1. The molecule has 0 aliphatic rings. The molecule has 0 unspecified atom stereocenters. The molecule has 0 fully saturated rings. The fraction of sp³-hybridized carbons (Fsp3) is 0.200. The minimum absolute atomic E-state index is 0.0973. The third kappa shape index (κ3) is 3.98. The zero-order chi connectivity index (χ0) is 14.4. The van der Waals surface area contributed by atoms with E-state index in [0.717, 1.165) is 11.3 Å². The SMILES string of the molecule is COc1cccc(CCC(=O)Nc2ccc(=O)[nH]c2)c1. The summed E-state index contributed by atoms with van der Waals surface area (Å²) in [6.45, 7) is 0. The Bertz CT molecular complexity index is 629. The van der Waals surface area contributed by atoms with E-state index in [4.69, 9.17) is 4.74 Å². The van der Waals surface area contributed by atoms with E-state index < -0.39 is 0 Å². The molecule has 2 aromatic rings. The molecule has 0 saturated carbocycles. The van der Waals surface area contributed by atoms with Crippen LogP contribution in [0, 0.1) is 0 Å². The van der Waals surface area contributed by atoms with Crippen LogP contribution in [-0.2, 0) is 11.2 Å². The van der Waals surface area contributed by atoms with Gasteiger partial charge in [-0.3, -0.25) is 9.59 Å². The van der Waals surface area contributed by atoms with Gasteiger partial charge in [0.1, 0.15) is 5.75 Å². The summed E-state index contributed by atoms with van der Waals surface area (Å²) in [4.78, 5) is 25.2. The Morgan fingerprint density at radius 2 is 2.15 bits per heavy atom. The third-order valence-corrected chi connectivity index (χ3v) is 2.84. The van der Waals surface area contributed by atoms with Crippen LogP contribution in [0.15, 0.2) is 47.4 Å². The zero-order valence-corrected chi connectivity index (χ0v) is 11.2. The summed E-state index contributed by atoms with van der Waals surface area (Å²) < 4.78 is 5.13. The lowest BCUT2D eigenvalue weighted by molar-refractivity contribution is -0.116. The highest BCUT2D eigenvalue weighted by Gasteiger charge is 2.04. The lowest BCUT2D eigenvalue weighted by Crippen LogP contribution is -2.13. The van der Waals surface area contributed by atoms with E-state index >= 15 is 0 Å². The first kappa shape index (κ1) is 13.9. The molecule has 1 aromatic carbocycles. The largest absolute Gasteiger partial charge is 0.497 e. The first-order valence-corrected chi connectivity index (χ1v) is 6.29. The summed E-state index contributed by atoms with van der Waals surface area (Å²) in [5.41, 5.74) is 1.43. The van der Waals surface area contributed by atoms with Crippen LogP contribution in [0.2, 0.25) is 0 Å². The topological polar surface area (TPSA) is 71.2 Å². The second-order valence-electron chi connectivity index (χ2n) is 4.34. The number of hydrogen-bond donors (Lipinski definition) is 2. The average molecular weight is 272 g/mol. The Morgan fingerprint density at radius 1 is 1.30 bits per heavy atom. The van der Waals surface area contributed by atoms with Crippen LogP contribution < -0.4 is 15.6 Å². The van der Waals surface area contributed by atoms with Gasteiger partial charge in [0.25, 0.3) is 0 Å². The van der Waals surface area contributed by atoms with Gasteiger partial charge in [-0.1, -0.05) is 12.1 Å². The van der Waals surface area contributed by atoms with Crippen molar-refractivity contribution in [2.24, 2.45) is 0 Å². The van der Waals surface area contributed by atoms with Crippen molar-refractivity contribution < 1.29 is 9.53 Å². The summed E-state index contributed by atoms with van der Waals surface area (Å²) in [5.74, 6) is 0.684. The molecular weight excluding hydrogens is 256 g/mol. The highest BCUT2D eigenvalue weighted by Crippen LogP contribution is 2.14. The molecular formula is C15H16N2O3. The van der Waals surface area contributed by atoms with Crippen LogP contribution in [0.5, 0.6) is 5.75 Å². The molecule has 0 atom stereocenters. The maximum Gasteiger partial charge on any atom is 0.248 e. The number of aryl methyl sites for hydroxylation is 1. The Labute approximate surface area is 116 Å². The number of aromatic amines is 1. The van der Waals surface area contributed by atoms with Gasteiger partial charge in [-0.2, -0.15) is 0 Å². The van der Waals surface area contributed by atoms with Gasteiger partial charge in [-0.25, -0.2) is 0 Å². The molecule has 2 N–H and O–H groups in total. The predicted molar refractivity (Wildman–Crippen MR) is 77.0 cm³/mol. The number of amides is 1. The molecule has 5 heteroatoms. The highest BCUT2D eigenvalue weighted by atomic mass is 16.5.